The van der Waals surface area contributed by atoms with Gasteiger partial charge in [0, 0.05) is 18.0 Å². The molecule has 2 aromatic heterocycles. The Labute approximate surface area is 118 Å². The maximum absolute atomic E-state index is 4.57. The molecule has 0 radical (unpaired) electrons. The van der Waals surface area contributed by atoms with Crippen molar-refractivity contribution < 1.29 is 0 Å². The maximum Gasteiger partial charge on any atom is 0.125 e. The van der Waals surface area contributed by atoms with Crippen molar-refractivity contribution in [1.29, 1.82) is 0 Å². The van der Waals surface area contributed by atoms with Crippen molar-refractivity contribution in [2.24, 2.45) is 0 Å². The van der Waals surface area contributed by atoms with Crippen LogP contribution < -0.4 is 0 Å². The van der Waals surface area contributed by atoms with E-state index in [4.69, 9.17) is 0 Å². The fraction of sp³-hybridized carbons (Fsp3) is 0.188. The minimum absolute atomic E-state index is 0.769. The molecule has 0 atom stereocenters. The third-order valence-electron chi connectivity index (χ3n) is 3.25. The van der Waals surface area contributed by atoms with Crippen LogP contribution in [0.4, 0.5) is 0 Å². The second-order valence-corrected chi connectivity index (χ2v) is 4.90. The van der Waals surface area contributed by atoms with Gasteiger partial charge in [-0.2, -0.15) is 5.10 Å². The van der Waals surface area contributed by atoms with E-state index >= 15 is 0 Å². The molecule has 3 rings (SSSR count). The minimum atomic E-state index is 0.769. The molecule has 0 bridgehead atoms. The summed E-state index contributed by atoms with van der Waals surface area (Å²) in [7, 11) is 0. The minimum Gasteiger partial charge on any atom is -0.242 e. The monoisotopic (exact) mass is 264 g/mol. The zero-order chi connectivity index (χ0) is 14.1. The van der Waals surface area contributed by atoms with Crippen molar-refractivity contribution in [2.45, 2.75) is 20.8 Å². The second kappa shape index (κ2) is 4.89. The number of hydrogen-bond acceptors (Lipinski definition) is 3. The highest BCUT2D eigenvalue weighted by Gasteiger charge is 2.10. The van der Waals surface area contributed by atoms with Crippen LogP contribution in [0.25, 0.3) is 16.9 Å². The Morgan fingerprint density at radius 2 is 1.70 bits per heavy atom. The van der Waals surface area contributed by atoms with E-state index in [-0.39, 0.29) is 0 Å². The van der Waals surface area contributed by atoms with Crippen LogP contribution in [0.15, 0.2) is 42.7 Å². The number of hydrogen-bond donors (Lipinski definition) is 0. The lowest BCUT2D eigenvalue weighted by Gasteiger charge is -2.01. The average molecular weight is 264 g/mol. The van der Waals surface area contributed by atoms with E-state index in [1.165, 1.54) is 5.56 Å². The van der Waals surface area contributed by atoms with Gasteiger partial charge >= 0.3 is 0 Å². The van der Waals surface area contributed by atoms with Gasteiger partial charge in [-0.15, -0.1) is 0 Å². The van der Waals surface area contributed by atoms with Gasteiger partial charge in [-0.25, -0.2) is 14.6 Å². The van der Waals surface area contributed by atoms with Crippen molar-refractivity contribution in [2.75, 3.05) is 0 Å². The molecule has 2 heterocycles. The van der Waals surface area contributed by atoms with E-state index in [0.29, 0.717) is 0 Å². The molecule has 0 amide bonds. The molecule has 4 heteroatoms. The SMILES string of the molecule is Cc1ccc(-n2cc(-c3ccnc(C)n3)c(C)n2)cc1. The second-order valence-electron chi connectivity index (χ2n) is 4.90. The van der Waals surface area contributed by atoms with E-state index in [1.54, 1.807) is 6.20 Å². The molecule has 0 spiro atoms. The van der Waals surface area contributed by atoms with Gasteiger partial charge in [-0.05, 0) is 39.0 Å². The van der Waals surface area contributed by atoms with Gasteiger partial charge in [0.05, 0.1) is 17.1 Å². The van der Waals surface area contributed by atoms with Gasteiger partial charge in [0.25, 0.3) is 0 Å². The largest absolute Gasteiger partial charge is 0.242 e. The van der Waals surface area contributed by atoms with Crippen LogP contribution in [0.3, 0.4) is 0 Å². The first-order valence-corrected chi connectivity index (χ1v) is 6.57. The Hall–Kier alpha value is -2.49. The lowest BCUT2D eigenvalue weighted by molar-refractivity contribution is 0.862. The normalized spacial score (nSPS) is 10.8. The Balaban J connectivity index is 2.05. The Bertz CT molecular complexity index is 741. The van der Waals surface area contributed by atoms with Crippen LogP contribution in [-0.4, -0.2) is 19.7 Å². The summed E-state index contributed by atoms with van der Waals surface area (Å²) >= 11 is 0. The summed E-state index contributed by atoms with van der Waals surface area (Å²) in [6, 6.07) is 10.2. The summed E-state index contributed by atoms with van der Waals surface area (Å²) < 4.78 is 1.89. The molecule has 20 heavy (non-hydrogen) atoms. The molecule has 0 saturated heterocycles. The molecule has 0 unspecified atom stereocenters. The predicted molar refractivity (Wildman–Crippen MR) is 78.8 cm³/mol. The summed E-state index contributed by atoms with van der Waals surface area (Å²) in [6.45, 7) is 5.97. The Kier molecular flexibility index (Phi) is 3.06. The highest BCUT2D eigenvalue weighted by atomic mass is 15.3. The molecular formula is C16H16N4. The van der Waals surface area contributed by atoms with Gasteiger partial charge in [0.1, 0.15) is 5.82 Å². The maximum atomic E-state index is 4.57. The van der Waals surface area contributed by atoms with Crippen molar-refractivity contribution >= 4 is 0 Å². The van der Waals surface area contributed by atoms with Crippen LogP contribution in [0.2, 0.25) is 0 Å². The van der Waals surface area contributed by atoms with Gasteiger partial charge in [-0.1, -0.05) is 17.7 Å². The molecule has 0 N–H and O–H groups in total. The van der Waals surface area contributed by atoms with E-state index in [1.807, 2.05) is 30.8 Å². The smallest absolute Gasteiger partial charge is 0.125 e. The molecule has 0 aliphatic rings. The zero-order valence-electron chi connectivity index (χ0n) is 11.8. The summed E-state index contributed by atoms with van der Waals surface area (Å²) in [6.07, 6.45) is 3.79. The molecule has 100 valence electrons. The molecule has 0 fully saturated rings. The van der Waals surface area contributed by atoms with Crippen molar-refractivity contribution in [1.82, 2.24) is 19.7 Å². The van der Waals surface area contributed by atoms with Gasteiger partial charge < -0.3 is 0 Å². The summed E-state index contributed by atoms with van der Waals surface area (Å²) in [5, 5.41) is 4.57. The van der Waals surface area contributed by atoms with E-state index < -0.39 is 0 Å². The highest BCUT2D eigenvalue weighted by Crippen LogP contribution is 2.22. The first kappa shape index (κ1) is 12.5. The van der Waals surface area contributed by atoms with Crippen LogP contribution in [0, 0.1) is 20.8 Å². The summed E-state index contributed by atoms with van der Waals surface area (Å²) in [4.78, 5) is 8.59. The lowest BCUT2D eigenvalue weighted by Crippen LogP contribution is -1.94. The van der Waals surface area contributed by atoms with E-state index in [0.717, 1.165) is 28.5 Å². The van der Waals surface area contributed by atoms with Crippen LogP contribution in [0.1, 0.15) is 17.1 Å². The van der Waals surface area contributed by atoms with Gasteiger partial charge in [-0.3, -0.25) is 0 Å². The van der Waals surface area contributed by atoms with Crippen molar-refractivity contribution in [3.63, 3.8) is 0 Å². The highest BCUT2D eigenvalue weighted by molar-refractivity contribution is 5.61. The van der Waals surface area contributed by atoms with Crippen LogP contribution in [0.5, 0.6) is 0 Å². The van der Waals surface area contributed by atoms with Crippen molar-refractivity contribution in [3.05, 3.63) is 59.8 Å². The van der Waals surface area contributed by atoms with Crippen LogP contribution in [-0.2, 0) is 0 Å². The summed E-state index contributed by atoms with van der Waals surface area (Å²) in [5.41, 5.74) is 5.20. The fourth-order valence-electron chi connectivity index (χ4n) is 2.15. The van der Waals surface area contributed by atoms with E-state index in [9.17, 15) is 0 Å². The summed E-state index contributed by atoms with van der Waals surface area (Å²) in [5.74, 6) is 0.769. The molecular weight excluding hydrogens is 248 g/mol. The average Bonchev–Trinajstić information content (AvgIpc) is 2.82. The van der Waals surface area contributed by atoms with Gasteiger partial charge in [0.2, 0.25) is 0 Å². The zero-order valence-corrected chi connectivity index (χ0v) is 11.8. The number of rotatable bonds is 2. The molecule has 0 aliphatic heterocycles. The number of benzene rings is 1. The molecule has 0 saturated carbocycles. The van der Waals surface area contributed by atoms with Crippen molar-refractivity contribution in [3.8, 4) is 16.9 Å². The lowest BCUT2D eigenvalue weighted by atomic mass is 10.2. The quantitative estimate of drug-likeness (QED) is 0.713. The van der Waals surface area contributed by atoms with Gasteiger partial charge in [0.15, 0.2) is 0 Å². The standard InChI is InChI=1S/C16H16N4/c1-11-4-6-14(7-5-11)20-10-15(12(2)19-20)16-8-9-17-13(3)18-16/h4-10H,1-3H3. The Morgan fingerprint density at radius 3 is 2.40 bits per heavy atom. The molecule has 4 nitrogen and oxygen atoms in total. The predicted octanol–water partition coefficient (Wildman–Crippen LogP) is 3.25. The topological polar surface area (TPSA) is 43.6 Å². The first-order valence-electron chi connectivity index (χ1n) is 6.57. The fourth-order valence-corrected chi connectivity index (χ4v) is 2.15. The third kappa shape index (κ3) is 2.32. The molecule has 3 aromatic rings. The molecule has 1 aromatic carbocycles. The third-order valence-corrected chi connectivity index (χ3v) is 3.25. The molecule has 0 aliphatic carbocycles. The first-order chi connectivity index (χ1) is 9.63. The Morgan fingerprint density at radius 1 is 0.950 bits per heavy atom. The van der Waals surface area contributed by atoms with Crippen LogP contribution >= 0.6 is 0 Å². The number of nitrogens with zero attached hydrogens (tertiary/aromatic N) is 4. The number of aryl methyl sites for hydroxylation is 3. The van der Waals surface area contributed by atoms with E-state index in [2.05, 4.69) is 46.3 Å². The number of aromatic nitrogens is 4.